The van der Waals surface area contributed by atoms with Gasteiger partial charge in [-0.05, 0) is 25.5 Å². The second kappa shape index (κ2) is 4.71. The van der Waals surface area contributed by atoms with E-state index in [4.69, 9.17) is 10.5 Å². The summed E-state index contributed by atoms with van der Waals surface area (Å²) in [7, 11) is 0. The van der Waals surface area contributed by atoms with Crippen molar-refractivity contribution in [3.05, 3.63) is 64.7 Å². The van der Waals surface area contributed by atoms with E-state index < -0.39 is 0 Å². The van der Waals surface area contributed by atoms with Crippen LogP contribution in [0.25, 0.3) is 0 Å². The molecule has 1 aliphatic heterocycles. The molecular weight excluding hydrogens is 234 g/mol. The second-order valence-electron chi connectivity index (χ2n) is 5.41. The molecule has 2 atom stereocenters. The van der Waals surface area contributed by atoms with Crippen molar-refractivity contribution in [3.8, 4) is 5.75 Å². The third-order valence-corrected chi connectivity index (χ3v) is 3.67. The molecule has 0 aliphatic carbocycles. The van der Waals surface area contributed by atoms with Crippen LogP contribution in [0.1, 0.15) is 40.8 Å². The van der Waals surface area contributed by atoms with Gasteiger partial charge in [0.05, 0.1) is 0 Å². The maximum atomic E-state index is 6.27. The van der Waals surface area contributed by atoms with Crippen LogP contribution in [0.3, 0.4) is 0 Å². The minimum atomic E-state index is 0.0516. The summed E-state index contributed by atoms with van der Waals surface area (Å²) in [5, 5.41) is 0. The maximum Gasteiger partial charge on any atom is 0.126 e. The van der Waals surface area contributed by atoms with Crippen molar-refractivity contribution >= 4 is 0 Å². The number of para-hydroxylation sites is 1. The summed E-state index contributed by atoms with van der Waals surface area (Å²) < 4.78 is 6.12. The van der Waals surface area contributed by atoms with Crippen molar-refractivity contribution in [2.24, 2.45) is 5.73 Å². The van der Waals surface area contributed by atoms with Gasteiger partial charge in [-0.25, -0.2) is 0 Å². The number of benzene rings is 2. The Morgan fingerprint density at radius 1 is 1.05 bits per heavy atom. The van der Waals surface area contributed by atoms with E-state index in [1.165, 1.54) is 16.7 Å². The molecule has 2 N–H and O–H groups in total. The summed E-state index contributed by atoms with van der Waals surface area (Å²) in [6, 6.07) is 14.7. The first-order valence-corrected chi connectivity index (χ1v) is 6.73. The first kappa shape index (κ1) is 12.2. The Kier molecular flexibility index (Phi) is 3.03. The van der Waals surface area contributed by atoms with Gasteiger partial charge in [-0.3, -0.25) is 0 Å². The molecule has 1 heterocycles. The Morgan fingerprint density at radius 2 is 1.74 bits per heavy atom. The highest BCUT2D eigenvalue weighted by Gasteiger charge is 2.26. The van der Waals surface area contributed by atoms with E-state index in [0.29, 0.717) is 0 Å². The molecule has 0 saturated heterocycles. The number of nitrogens with two attached hydrogens (primary N) is 1. The van der Waals surface area contributed by atoms with Gasteiger partial charge < -0.3 is 10.5 Å². The summed E-state index contributed by atoms with van der Waals surface area (Å²) in [6.07, 6.45) is 0.892. The van der Waals surface area contributed by atoms with Gasteiger partial charge in [-0.2, -0.15) is 0 Å². The van der Waals surface area contributed by atoms with Crippen molar-refractivity contribution in [2.75, 3.05) is 0 Å². The Hall–Kier alpha value is -1.80. The highest BCUT2D eigenvalue weighted by molar-refractivity contribution is 5.40. The molecule has 0 amide bonds. The predicted octanol–water partition coefficient (Wildman–Crippen LogP) is 3.83. The molecule has 1 unspecified atom stereocenters. The number of ether oxygens (including phenoxy) is 1. The third-order valence-electron chi connectivity index (χ3n) is 3.67. The lowest BCUT2D eigenvalue weighted by molar-refractivity contribution is 0.161. The van der Waals surface area contributed by atoms with Crippen molar-refractivity contribution in [1.29, 1.82) is 0 Å². The standard InChI is InChI=1S/C17H19NO/c1-11-7-12(2)9-13(8-11)17-10-15(18)14-5-3-4-6-16(14)19-17/h3-9,15,17H,10,18H2,1-2H3/t15-,17?/m1/s1. The largest absolute Gasteiger partial charge is 0.485 e. The molecule has 0 saturated carbocycles. The SMILES string of the molecule is Cc1cc(C)cc(C2C[C@@H](N)c3ccccc3O2)c1. The molecule has 3 rings (SSSR count). The zero-order valence-corrected chi connectivity index (χ0v) is 11.4. The molecule has 2 nitrogen and oxygen atoms in total. The molecule has 0 fully saturated rings. The fourth-order valence-corrected chi connectivity index (χ4v) is 2.85. The number of aryl methyl sites for hydroxylation is 2. The van der Waals surface area contributed by atoms with Crippen molar-refractivity contribution in [3.63, 3.8) is 0 Å². The first-order valence-electron chi connectivity index (χ1n) is 6.73. The molecule has 1 aliphatic rings. The average molecular weight is 253 g/mol. The highest BCUT2D eigenvalue weighted by atomic mass is 16.5. The van der Waals surface area contributed by atoms with Gasteiger partial charge in [0.15, 0.2) is 0 Å². The third kappa shape index (κ3) is 2.36. The van der Waals surface area contributed by atoms with E-state index in [9.17, 15) is 0 Å². The Balaban J connectivity index is 1.96. The summed E-state index contributed by atoms with van der Waals surface area (Å²) in [5.41, 5.74) is 11.1. The Labute approximate surface area is 114 Å². The quantitative estimate of drug-likeness (QED) is 0.838. The van der Waals surface area contributed by atoms with Crippen LogP contribution in [0.5, 0.6) is 5.75 Å². The molecule has 2 heteroatoms. The lowest BCUT2D eigenvalue weighted by Crippen LogP contribution is -2.24. The lowest BCUT2D eigenvalue weighted by Gasteiger charge is -2.30. The summed E-state index contributed by atoms with van der Waals surface area (Å²) in [5.74, 6) is 0.922. The second-order valence-corrected chi connectivity index (χ2v) is 5.41. The van der Waals surface area contributed by atoms with Crippen molar-refractivity contribution in [2.45, 2.75) is 32.4 Å². The number of rotatable bonds is 1. The number of hydrogen-bond acceptors (Lipinski definition) is 2. The van der Waals surface area contributed by atoms with Crippen LogP contribution in [-0.4, -0.2) is 0 Å². The summed E-state index contributed by atoms with van der Waals surface area (Å²) in [6.45, 7) is 4.24. The fourth-order valence-electron chi connectivity index (χ4n) is 2.85. The fraction of sp³-hybridized carbons (Fsp3) is 0.294. The molecule has 0 bridgehead atoms. The van der Waals surface area contributed by atoms with Gasteiger partial charge >= 0.3 is 0 Å². The van der Waals surface area contributed by atoms with Crippen LogP contribution >= 0.6 is 0 Å². The van der Waals surface area contributed by atoms with Crippen LogP contribution in [0.4, 0.5) is 0 Å². The molecule has 2 aromatic carbocycles. The molecule has 2 aromatic rings. The van der Waals surface area contributed by atoms with Gasteiger partial charge in [0, 0.05) is 18.0 Å². The zero-order chi connectivity index (χ0) is 13.4. The molecule has 19 heavy (non-hydrogen) atoms. The van der Waals surface area contributed by atoms with Crippen LogP contribution in [0.2, 0.25) is 0 Å². The van der Waals surface area contributed by atoms with E-state index in [2.05, 4.69) is 38.1 Å². The van der Waals surface area contributed by atoms with E-state index in [-0.39, 0.29) is 12.1 Å². The summed E-state index contributed by atoms with van der Waals surface area (Å²) in [4.78, 5) is 0. The monoisotopic (exact) mass is 253 g/mol. The van der Waals surface area contributed by atoms with Gasteiger partial charge in [0.25, 0.3) is 0 Å². The smallest absolute Gasteiger partial charge is 0.126 e. The lowest BCUT2D eigenvalue weighted by atomic mass is 9.92. The van der Waals surface area contributed by atoms with Crippen LogP contribution in [0, 0.1) is 13.8 Å². The molecule has 0 aromatic heterocycles. The predicted molar refractivity (Wildman–Crippen MR) is 77.3 cm³/mol. The van der Waals surface area contributed by atoms with Gasteiger partial charge in [0.2, 0.25) is 0 Å². The van der Waals surface area contributed by atoms with E-state index in [0.717, 1.165) is 17.7 Å². The average Bonchev–Trinajstić information content (AvgIpc) is 2.37. The summed E-state index contributed by atoms with van der Waals surface area (Å²) >= 11 is 0. The van der Waals surface area contributed by atoms with Crippen molar-refractivity contribution < 1.29 is 4.74 Å². The minimum Gasteiger partial charge on any atom is -0.485 e. The minimum absolute atomic E-state index is 0.0516. The Morgan fingerprint density at radius 3 is 2.47 bits per heavy atom. The molecule has 98 valence electrons. The topological polar surface area (TPSA) is 35.2 Å². The van der Waals surface area contributed by atoms with Crippen molar-refractivity contribution in [1.82, 2.24) is 0 Å². The van der Waals surface area contributed by atoms with Crippen LogP contribution in [-0.2, 0) is 0 Å². The van der Waals surface area contributed by atoms with E-state index in [1.807, 2.05) is 18.2 Å². The first-order chi connectivity index (χ1) is 9.13. The van der Waals surface area contributed by atoms with E-state index >= 15 is 0 Å². The number of hydrogen-bond donors (Lipinski definition) is 1. The highest BCUT2D eigenvalue weighted by Crippen LogP contribution is 2.39. The van der Waals surface area contributed by atoms with Crippen LogP contribution < -0.4 is 10.5 Å². The van der Waals surface area contributed by atoms with Gasteiger partial charge in [0.1, 0.15) is 11.9 Å². The maximum absolute atomic E-state index is 6.27. The zero-order valence-electron chi connectivity index (χ0n) is 11.4. The molecular formula is C17H19NO. The van der Waals surface area contributed by atoms with Gasteiger partial charge in [-0.1, -0.05) is 47.5 Å². The normalized spacial score (nSPS) is 21.6. The Bertz CT molecular complexity index is 586. The molecule has 0 spiro atoms. The number of fused-ring (bicyclic) bond motifs is 1. The van der Waals surface area contributed by atoms with Crippen LogP contribution in [0.15, 0.2) is 42.5 Å². The van der Waals surface area contributed by atoms with E-state index in [1.54, 1.807) is 0 Å². The molecule has 0 radical (unpaired) electrons. The van der Waals surface area contributed by atoms with Gasteiger partial charge in [-0.15, -0.1) is 0 Å².